The van der Waals surface area contributed by atoms with Crippen molar-refractivity contribution in [1.29, 1.82) is 0 Å². The fourth-order valence-corrected chi connectivity index (χ4v) is 3.43. The van der Waals surface area contributed by atoms with Crippen molar-refractivity contribution < 1.29 is 8.42 Å². The number of nitrogens with zero attached hydrogens (tertiary/aromatic N) is 2. The molecule has 0 amide bonds. The van der Waals surface area contributed by atoms with E-state index in [-0.39, 0.29) is 12.3 Å². The Labute approximate surface area is 120 Å². The smallest absolute Gasteiger partial charge is 0.212 e. The largest absolute Gasteiger partial charge is 0.314 e. The molecular weight excluding hydrogens is 276 g/mol. The minimum Gasteiger partial charge on any atom is -0.314 e. The number of rotatable bonds is 6. The summed E-state index contributed by atoms with van der Waals surface area (Å²) in [6.45, 7) is 3.01. The maximum atomic E-state index is 11.9. The van der Waals surface area contributed by atoms with E-state index in [1.54, 1.807) is 19.2 Å². The molecule has 0 radical (unpaired) electrons. The van der Waals surface area contributed by atoms with Crippen LogP contribution in [0.1, 0.15) is 37.2 Å². The van der Waals surface area contributed by atoms with Crippen LogP contribution in [-0.4, -0.2) is 36.7 Å². The van der Waals surface area contributed by atoms with Gasteiger partial charge < -0.3 is 5.32 Å². The van der Waals surface area contributed by atoms with Gasteiger partial charge in [-0.25, -0.2) is 23.1 Å². The molecule has 1 saturated heterocycles. The average Bonchev–Trinajstić information content (AvgIpc) is 2.45. The van der Waals surface area contributed by atoms with Gasteiger partial charge in [0.05, 0.1) is 18.0 Å². The van der Waals surface area contributed by atoms with Crippen molar-refractivity contribution in [2.75, 3.05) is 12.3 Å². The van der Waals surface area contributed by atoms with Crippen LogP contribution in [0.15, 0.2) is 12.3 Å². The Hall–Kier alpha value is -1.05. The van der Waals surface area contributed by atoms with Gasteiger partial charge in [0.1, 0.15) is 5.82 Å². The molecule has 2 N–H and O–H groups in total. The molecule has 2 rings (SSSR count). The monoisotopic (exact) mass is 298 g/mol. The van der Waals surface area contributed by atoms with Crippen LogP contribution in [0.4, 0.5) is 0 Å². The van der Waals surface area contributed by atoms with Crippen LogP contribution in [-0.2, 0) is 16.6 Å². The number of piperidine rings is 1. The molecule has 0 spiro atoms. The quantitative estimate of drug-likeness (QED) is 0.809. The lowest BCUT2D eigenvalue weighted by atomic mass is 10.0. The van der Waals surface area contributed by atoms with E-state index in [4.69, 9.17) is 0 Å². The fraction of sp³-hybridized carbons (Fsp3) is 0.692. The molecule has 20 heavy (non-hydrogen) atoms. The Morgan fingerprint density at radius 3 is 3.00 bits per heavy atom. The van der Waals surface area contributed by atoms with Crippen molar-refractivity contribution in [3.05, 3.63) is 23.8 Å². The van der Waals surface area contributed by atoms with Gasteiger partial charge in [-0.3, -0.25) is 0 Å². The normalized spacial score (nSPS) is 19.9. The van der Waals surface area contributed by atoms with Gasteiger partial charge in [0.25, 0.3) is 0 Å². The number of aryl methyl sites for hydroxylation is 1. The van der Waals surface area contributed by atoms with Gasteiger partial charge in [-0.1, -0.05) is 6.42 Å². The van der Waals surface area contributed by atoms with Crippen LogP contribution in [0.3, 0.4) is 0 Å². The second-order valence-corrected chi connectivity index (χ2v) is 7.10. The van der Waals surface area contributed by atoms with Crippen LogP contribution in [0.5, 0.6) is 0 Å². The highest BCUT2D eigenvalue weighted by Crippen LogP contribution is 2.10. The van der Waals surface area contributed by atoms with Crippen LogP contribution >= 0.6 is 0 Å². The molecule has 1 aliphatic rings. The zero-order valence-corrected chi connectivity index (χ0v) is 12.6. The third kappa shape index (κ3) is 5.15. The van der Waals surface area contributed by atoms with E-state index in [2.05, 4.69) is 20.0 Å². The number of aromatic nitrogens is 2. The summed E-state index contributed by atoms with van der Waals surface area (Å²) in [5.74, 6) is 0.808. The lowest BCUT2D eigenvalue weighted by molar-refractivity contribution is 0.392. The molecular formula is C13H22N4O2S. The van der Waals surface area contributed by atoms with Crippen LogP contribution in [0.2, 0.25) is 0 Å². The third-order valence-electron chi connectivity index (χ3n) is 3.45. The molecule has 1 fully saturated rings. The van der Waals surface area contributed by atoms with E-state index in [0.29, 0.717) is 24.0 Å². The second-order valence-electron chi connectivity index (χ2n) is 5.17. The maximum absolute atomic E-state index is 11.9. The highest BCUT2D eigenvalue weighted by molar-refractivity contribution is 7.89. The van der Waals surface area contributed by atoms with Crippen molar-refractivity contribution in [2.45, 2.75) is 45.2 Å². The maximum Gasteiger partial charge on any atom is 0.212 e. The Bertz CT molecular complexity index is 527. The van der Waals surface area contributed by atoms with Crippen molar-refractivity contribution in [3.63, 3.8) is 0 Å². The summed E-state index contributed by atoms with van der Waals surface area (Å²) < 4.78 is 26.5. The summed E-state index contributed by atoms with van der Waals surface area (Å²) in [5, 5.41) is 3.36. The molecule has 7 heteroatoms. The molecule has 0 bridgehead atoms. The van der Waals surface area contributed by atoms with Crippen molar-refractivity contribution in [1.82, 2.24) is 20.0 Å². The summed E-state index contributed by atoms with van der Waals surface area (Å²) >= 11 is 0. The van der Waals surface area contributed by atoms with E-state index in [0.717, 1.165) is 13.0 Å². The average molecular weight is 298 g/mol. The minimum atomic E-state index is -3.24. The van der Waals surface area contributed by atoms with Gasteiger partial charge in [-0.05, 0) is 38.8 Å². The summed E-state index contributed by atoms with van der Waals surface area (Å²) in [4.78, 5) is 8.16. The van der Waals surface area contributed by atoms with E-state index >= 15 is 0 Å². The molecule has 1 aliphatic heterocycles. The first-order chi connectivity index (χ1) is 9.55. The molecule has 1 atom stereocenters. The summed E-state index contributed by atoms with van der Waals surface area (Å²) in [6, 6.07) is 2.06. The first-order valence-corrected chi connectivity index (χ1v) is 8.70. The van der Waals surface area contributed by atoms with Crippen molar-refractivity contribution in [3.8, 4) is 0 Å². The molecule has 0 saturated carbocycles. The zero-order valence-electron chi connectivity index (χ0n) is 11.8. The Balaban J connectivity index is 1.78. The number of nitrogens with one attached hydrogen (secondary N) is 2. The first kappa shape index (κ1) is 15.3. The van der Waals surface area contributed by atoms with Gasteiger partial charge in [-0.2, -0.15) is 0 Å². The standard InChI is InChI=1S/C13H22N4O2S/c1-11-14-8-5-13(17-11)10-16-20(18,19)9-6-12-4-2-3-7-15-12/h5,8,12,15-16H,2-4,6-7,9-10H2,1H3. The SMILES string of the molecule is Cc1nccc(CNS(=O)(=O)CCC2CCCCN2)n1. The van der Waals surface area contributed by atoms with Crippen LogP contribution in [0, 0.1) is 6.92 Å². The van der Waals surface area contributed by atoms with Crippen molar-refractivity contribution >= 4 is 10.0 Å². The molecule has 6 nitrogen and oxygen atoms in total. The highest BCUT2D eigenvalue weighted by Gasteiger charge is 2.17. The summed E-state index contributed by atoms with van der Waals surface area (Å²) in [5.41, 5.74) is 0.692. The predicted molar refractivity (Wildman–Crippen MR) is 77.7 cm³/mol. The van der Waals surface area contributed by atoms with Gasteiger partial charge in [0, 0.05) is 12.2 Å². The lowest BCUT2D eigenvalue weighted by Gasteiger charge is -2.23. The van der Waals surface area contributed by atoms with Crippen molar-refractivity contribution in [2.24, 2.45) is 0 Å². The zero-order chi connectivity index (χ0) is 14.4. The van der Waals surface area contributed by atoms with Crippen LogP contribution < -0.4 is 10.0 Å². The van der Waals surface area contributed by atoms with Gasteiger partial charge >= 0.3 is 0 Å². The molecule has 0 aliphatic carbocycles. The first-order valence-electron chi connectivity index (χ1n) is 7.04. The summed E-state index contributed by atoms with van der Waals surface area (Å²) in [6.07, 6.45) is 5.75. The minimum absolute atomic E-state index is 0.161. The Kier molecular flexibility index (Phi) is 5.45. The fourth-order valence-electron chi connectivity index (χ4n) is 2.33. The van der Waals surface area contributed by atoms with E-state index in [9.17, 15) is 8.42 Å². The summed E-state index contributed by atoms with van der Waals surface area (Å²) in [7, 11) is -3.24. The molecule has 2 heterocycles. The Morgan fingerprint density at radius 1 is 1.45 bits per heavy atom. The predicted octanol–water partition coefficient (Wildman–Crippen LogP) is 0.737. The molecule has 0 aromatic carbocycles. The molecule has 1 aromatic heterocycles. The highest BCUT2D eigenvalue weighted by atomic mass is 32.2. The number of hydrogen-bond acceptors (Lipinski definition) is 5. The topological polar surface area (TPSA) is 84.0 Å². The van der Waals surface area contributed by atoms with E-state index in [1.807, 2.05) is 0 Å². The molecule has 1 aromatic rings. The second kappa shape index (κ2) is 7.10. The van der Waals surface area contributed by atoms with Gasteiger partial charge in [0.15, 0.2) is 0 Å². The van der Waals surface area contributed by atoms with Crippen LogP contribution in [0.25, 0.3) is 0 Å². The van der Waals surface area contributed by atoms with Gasteiger partial charge in [0.2, 0.25) is 10.0 Å². The Morgan fingerprint density at radius 2 is 2.30 bits per heavy atom. The number of hydrogen-bond donors (Lipinski definition) is 2. The third-order valence-corrected chi connectivity index (χ3v) is 4.81. The number of sulfonamides is 1. The molecule has 1 unspecified atom stereocenters. The lowest BCUT2D eigenvalue weighted by Crippen LogP contribution is -2.37. The van der Waals surface area contributed by atoms with E-state index in [1.165, 1.54) is 12.8 Å². The van der Waals surface area contributed by atoms with E-state index < -0.39 is 10.0 Å². The van der Waals surface area contributed by atoms with Gasteiger partial charge in [-0.15, -0.1) is 0 Å². The molecule has 112 valence electrons.